The molecular formula is C18H18ClN5O2S. The lowest BCUT2D eigenvalue weighted by Gasteiger charge is -2.34. The molecule has 1 saturated heterocycles. The van der Waals surface area contributed by atoms with Crippen LogP contribution < -0.4 is 4.90 Å². The van der Waals surface area contributed by atoms with E-state index in [-0.39, 0.29) is 4.90 Å². The summed E-state index contributed by atoms with van der Waals surface area (Å²) in [5, 5.41) is 0.515. The summed E-state index contributed by atoms with van der Waals surface area (Å²) in [4.78, 5) is 11.0. The van der Waals surface area contributed by atoms with Gasteiger partial charge in [0.15, 0.2) is 0 Å². The van der Waals surface area contributed by atoms with Crippen molar-refractivity contribution < 1.29 is 8.42 Å². The Bertz CT molecular complexity index is 1010. The van der Waals surface area contributed by atoms with Crippen LogP contribution in [0, 0.1) is 0 Å². The van der Waals surface area contributed by atoms with Crippen LogP contribution in [-0.4, -0.2) is 53.4 Å². The monoisotopic (exact) mass is 403 g/mol. The quantitative estimate of drug-likeness (QED) is 0.669. The van der Waals surface area contributed by atoms with Gasteiger partial charge in [-0.05, 0) is 36.4 Å². The number of hydrogen-bond donors (Lipinski definition) is 0. The molecule has 0 radical (unpaired) electrons. The average Bonchev–Trinajstić information content (AvgIpc) is 3.23. The smallest absolute Gasteiger partial charge is 0.243 e. The molecule has 2 aromatic heterocycles. The van der Waals surface area contributed by atoms with Crippen LogP contribution in [-0.2, 0) is 10.0 Å². The van der Waals surface area contributed by atoms with Crippen molar-refractivity contribution in [3.8, 4) is 5.82 Å². The van der Waals surface area contributed by atoms with Crippen LogP contribution in [0.25, 0.3) is 5.82 Å². The Hall–Kier alpha value is -2.42. The van der Waals surface area contributed by atoms with Gasteiger partial charge in [0.2, 0.25) is 10.0 Å². The third kappa shape index (κ3) is 3.69. The zero-order valence-corrected chi connectivity index (χ0v) is 16.0. The zero-order valence-electron chi connectivity index (χ0n) is 14.4. The molecule has 0 bridgehead atoms. The number of piperazine rings is 1. The van der Waals surface area contributed by atoms with Gasteiger partial charge in [0.05, 0.1) is 4.90 Å². The van der Waals surface area contributed by atoms with E-state index in [0.29, 0.717) is 31.2 Å². The van der Waals surface area contributed by atoms with E-state index in [9.17, 15) is 8.42 Å². The molecule has 27 heavy (non-hydrogen) atoms. The molecule has 0 atom stereocenters. The summed E-state index contributed by atoms with van der Waals surface area (Å²) in [6, 6.07) is 12.0. The highest BCUT2D eigenvalue weighted by Gasteiger charge is 2.29. The highest BCUT2D eigenvalue weighted by Crippen LogP contribution is 2.22. The van der Waals surface area contributed by atoms with Gasteiger partial charge in [0.1, 0.15) is 18.0 Å². The highest BCUT2D eigenvalue weighted by molar-refractivity contribution is 7.89. The van der Waals surface area contributed by atoms with Gasteiger partial charge in [-0.15, -0.1) is 0 Å². The molecule has 0 saturated carbocycles. The summed E-state index contributed by atoms with van der Waals surface area (Å²) in [6.45, 7) is 1.92. The van der Waals surface area contributed by atoms with Gasteiger partial charge in [-0.1, -0.05) is 11.6 Å². The zero-order chi connectivity index (χ0) is 18.9. The Balaban J connectivity index is 1.48. The van der Waals surface area contributed by atoms with E-state index in [1.807, 2.05) is 35.2 Å². The minimum atomic E-state index is -3.52. The first-order valence-electron chi connectivity index (χ1n) is 8.50. The van der Waals surface area contributed by atoms with Crippen LogP contribution in [0.1, 0.15) is 0 Å². The lowest BCUT2D eigenvalue weighted by molar-refractivity contribution is 0.383. The minimum absolute atomic E-state index is 0.261. The van der Waals surface area contributed by atoms with E-state index < -0.39 is 10.0 Å². The Morgan fingerprint density at radius 2 is 1.52 bits per heavy atom. The molecule has 7 nitrogen and oxygen atoms in total. The van der Waals surface area contributed by atoms with Gasteiger partial charge in [0.25, 0.3) is 0 Å². The van der Waals surface area contributed by atoms with Crippen LogP contribution in [0.5, 0.6) is 0 Å². The maximum absolute atomic E-state index is 12.8. The van der Waals surface area contributed by atoms with Crippen molar-refractivity contribution >= 4 is 27.4 Å². The van der Waals surface area contributed by atoms with E-state index in [2.05, 4.69) is 14.9 Å². The number of aromatic nitrogens is 3. The van der Waals surface area contributed by atoms with E-state index in [4.69, 9.17) is 11.6 Å². The summed E-state index contributed by atoms with van der Waals surface area (Å²) >= 11 is 5.86. The third-order valence-electron chi connectivity index (χ3n) is 4.52. The molecule has 0 unspecified atom stereocenters. The summed E-state index contributed by atoms with van der Waals surface area (Å²) in [7, 11) is -3.52. The van der Waals surface area contributed by atoms with Gasteiger partial charge in [-0.2, -0.15) is 4.31 Å². The first kappa shape index (κ1) is 18.0. The predicted molar refractivity (Wildman–Crippen MR) is 104 cm³/mol. The summed E-state index contributed by atoms with van der Waals surface area (Å²) in [5.41, 5.74) is 0. The number of sulfonamides is 1. The Morgan fingerprint density at radius 3 is 2.19 bits per heavy atom. The summed E-state index contributed by atoms with van der Waals surface area (Å²) in [6.07, 6.45) is 5.37. The summed E-state index contributed by atoms with van der Waals surface area (Å²) in [5.74, 6) is 1.57. The standard InChI is InChI=1S/C18H18ClN5O2S/c19-15-3-5-16(6-4-15)27(25,26)24-11-9-23(10-12-24)18-13-17(20-14-21-18)22-7-1-2-8-22/h1-8,13-14H,9-12H2. The van der Waals surface area contributed by atoms with Crippen molar-refractivity contribution in [2.24, 2.45) is 0 Å². The molecule has 4 rings (SSSR count). The predicted octanol–water partition coefficient (Wildman–Crippen LogP) is 2.43. The Kier molecular flexibility index (Phi) is 4.86. The van der Waals surface area contributed by atoms with Crippen molar-refractivity contribution in [3.63, 3.8) is 0 Å². The second-order valence-corrected chi connectivity index (χ2v) is 8.54. The Labute approximate surface area is 162 Å². The van der Waals surface area contributed by atoms with E-state index in [1.165, 1.54) is 22.8 Å². The van der Waals surface area contributed by atoms with Crippen molar-refractivity contribution in [2.75, 3.05) is 31.1 Å². The van der Waals surface area contributed by atoms with Gasteiger partial charge >= 0.3 is 0 Å². The van der Waals surface area contributed by atoms with Crippen molar-refractivity contribution in [1.29, 1.82) is 0 Å². The molecular weight excluding hydrogens is 386 g/mol. The number of nitrogens with zero attached hydrogens (tertiary/aromatic N) is 5. The first-order chi connectivity index (χ1) is 13.0. The SMILES string of the molecule is O=S(=O)(c1ccc(Cl)cc1)N1CCN(c2cc(-n3cccc3)ncn2)CC1. The van der Waals surface area contributed by atoms with Crippen molar-refractivity contribution in [2.45, 2.75) is 4.90 Å². The molecule has 0 amide bonds. The maximum atomic E-state index is 12.8. The van der Waals surface area contributed by atoms with Crippen LogP contribution in [0.3, 0.4) is 0 Å². The van der Waals surface area contributed by atoms with E-state index >= 15 is 0 Å². The Morgan fingerprint density at radius 1 is 0.889 bits per heavy atom. The number of halogens is 1. The number of hydrogen-bond acceptors (Lipinski definition) is 5. The number of benzene rings is 1. The van der Waals surface area contributed by atoms with Gasteiger partial charge in [0, 0.05) is 49.7 Å². The highest BCUT2D eigenvalue weighted by atomic mass is 35.5. The van der Waals surface area contributed by atoms with E-state index in [0.717, 1.165) is 11.6 Å². The van der Waals surface area contributed by atoms with E-state index in [1.54, 1.807) is 12.1 Å². The van der Waals surface area contributed by atoms with Crippen LogP contribution >= 0.6 is 11.6 Å². The average molecular weight is 404 g/mol. The van der Waals surface area contributed by atoms with Crippen LogP contribution in [0.2, 0.25) is 5.02 Å². The largest absolute Gasteiger partial charge is 0.354 e. The molecule has 1 aromatic carbocycles. The van der Waals surface area contributed by atoms with Gasteiger partial charge in [-0.25, -0.2) is 18.4 Å². The molecule has 140 valence electrons. The molecule has 0 spiro atoms. The van der Waals surface area contributed by atoms with Crippen molar-refractivity contribution in [3.05, 3.63) is 66.2 Å². The normalized spacial score (nSPS) is 15.8. The fourth-order valence-electron chi connectivity index (χ4n) is 3.05. The van der Waals surface area contributed by atoms with Crippen LogP contribution in [0.4, 0.5) is 5.82 Å². The fraction of sp³-hybridized carbons (Fsp3) is 0.222. The topological polar surface area (TPSA) is 71.3 Å². The molecule has 3 heterocycles. The molecule has 0 N–H and O–H groups in total. The molecule has 0 aliphatic carbocycles. The lowest BCUT2D eigenvalue weighted by atomic mass is 10.3. The number of rotatable bonds is 4. The molecule has 1 fully saturated rings. The second-order valence-electron chi connectivity index (χ2n) is 6.17. The van der Waals surface area contributed by atoms with Crippen molar-refractivity contribution in [1.82, 2.24) is 18.8 Å². The molecule has 1 aliphatic rings. The van der Waals surface area contributed by atoms with Gasteiger partial charge < -0.3 is 9.47 Å². The van der Waals surface area contributed by atoms with Gasteiger partial charge in [-0.3, -0.25) is 0 Å². The molecule has 9 heteroatoms. The molecule has 1 aliphatic heterocycles. The molecule has 3 aromatic rings. The third-order valence-corrected chi connectivity index (χ3v) is 6.69. The second kappa shape index (κ2) is 7.30. The number of anilines is 1. The first-order valence-corrected chi connectivity index (χ1v) is 10.3. The van der Waals surface area contributed by atoms with Crippen LogP contribution in [0.15, 0.2) is 66.1 Å². The summed E-state index contributed by atoms with van der Waals surface area (Å²) < 4.78 is 29.0. The lowest BCUT2D eigenvalue weighted by Crippen LogP contribution is -2.48. The fourth-order valence-corrected chi connectivity index (χ4v) is 4.60. The minimum Gasteiger partial charge on any atom is -0.354 e. The maximum Gasteiger partial charge on any atom is 0.243 e.